The van der Waals surface area contributed by atoms with E-state index in [0.29, 0.717) is 0 Å². The van der Waals surface area contributed by atoms with Gasteiger partial charge in [-0.15, -0.1) is 0 Å². The van der Waals surface area contributed by atoms with Crippen LogP contribution < -0.4 is 0 Å². The Hall–Kier alpha value is 0.390. The standard InChI is InChI=1S/C9H21P.H2O/c1-7(2)10(8(3)4)9(5)6;/h7-9H,1-6H3;1H2. The zero-order valence-corrected chi connectivity index (χ0v) is 9.57. The Bertz CT molecular complexity index is 70.5. The van der Waals surface area contributed by atoms with E-state index >= 15 is 0 Å². The van der Waals surface area contributed by atoms with Crippen LogP contribution in [0.1, 0.15) is 41.5 Å². The fraction of sp³-hybridized carbons (Fsp3) is 1.00. The lowest BCUT2D eigenvalue weighted by molar-refractivity contribution is 0.824. The average Bonchev–Trinajstić information content (AvgIpc) is 1.59. The summed E-state index contributed by atoms with van der Waals surface area (Å²) in [7, 11) is 0.262. The zero-order valence-electron chi connectivity index (χ0n) is 8.68. The van der Waals surface area contributed by atoms with Crippen LogP contribution in [0.25, 0.3) is 0 Å². The van der Waals surface area contributed by atoms with Gasteiger partial charge in [0.2, 0.25) is 0 Å². The molecule has 0 bridgehead atoms. The molecule has 0 fully saturated rings. The van der Waals surface area contributed by atoms with Crippen molar-refractivity contribution in [2.75, 3.05) is 0 Å². The van der Waals surface area contributed by atoms with Crippen molar-refractivity contribution >= 4 is 7.92 Å². The summed E-state index contributed by atoms with van der Waals surface area (Å²) in [5.74, 6) is 0. The first-order valence-corrected chi connectivity index (χ1v) is 5.79. The molecule has 0 radical (unpaired) electrons. The molecule has 0 unspecified atom stereocenters. The van der Waals surface area contributed by atoms with E-state index in [4.69, 9.17) is 0 Å². The van der Waals surface area contributed by atoms with Crippen LogP contribution in [0, 0.1) is 0 Å². The Labute approximate surface area is 72.6 Å². The predicted octanol–water partition coefficient (Wildman–Crippen LogP) is 2.87. The van der Waals surface area contributed by atoms with Crippen LogP contribution in [0.4, 0.5) is 0 Å². The highest BCUT2D eigenvalue weighted by Crippen LogP contribution is 2.49. The lowest BCUT2D eigenvalue weighted by Crippen LogP contribution is -2.10. The molecule has 0 heterocycles. The molecule has 0 aromatic rings. The Balaban J connectivity index is 0. The highest BCUT2D eigenvalue weighted by molar-refractivity contribution is 7.59. The molecule has 0 aliphatic carbocycles. The molecule has 2 heteroatoms. The highest BCUT2D eigenvalue weighted by Gasteiger charge is 2.19. The van der Waals surface area contributed by atoms with E-state index in [1.54, 1.807) is 0 Å². The molecule has 0 saturated heterocycles. The quantitative estimate of drug-likeness (QED) is 0.595. The lowest BCUT2D eigenvalue weighted by atomic mass is 10.5. The fourth-order valence-corrected chi connectivity index (χ4v) is 5.37. The maximum Gasteiger partial charge on any atom is -0.0261 e. The topological polar surface area (TPSA) is 31.5 Å². The smallest absolute Gasteiger partial charge is 0.0261 e. The Morgan fingerprint density at radius 3 is 0.818 bits per heavy atom. The summed E-state index contributed by atoms with van der Waals surface area (Å²) < 4.78 is 0. The normalized spacial score (nSPS) is 11.5. The van der Waals surface area contributed by atoms with Gasteiger partial charge in [0.25, 0.3) is 0 Å². The number of hydrogen-bond donors (Lipinski definition) is 0. The minimum atomic E-state index is 0. The number of rotatable bonds is 3. The van der Waals surface area contributed by atoms with E-state index in [2.05, 4.69) is 41.5 Å². The second kappa shape index (κ2) is 5.97. The molecule has 70 valence electrons. The highest BCUT2D eigenvalue weighted by atomic mass is 31.1. The molecule has 0 saturated carbocycles. The van der Waals surface area contributed by atoms with Gasteiger partial charge in [-0.25, -0.2) is 0 Å². The van der Waals surface area contributed by atoms with Crippen LogP contribution >= 0.6 is 7.92 Å². The van der Waals surface area contributed by atoms with Gasteiger partial charge in [0.15, 0.2) is 0 Å². The minimum Gasteiger partial charge on any atom is -0.412 e. The van der Waals surface area contributed by atoms with Crippen molar-refractivity contribution in [2.24, 2.45) is 0 Å². The third kappa shape index (κ3) is 4.76. The van der Waals surface area contributed by atoms with E-state index in [1.807, 2.05) is 0 Å². The van der Waals surface area contributed by atoms with E-state index in [-0.39, 0.29) is 13.4 Å². The Kier molecular flexibility index (Phi) is 7.57. The summed E-state index contributed by atoms with van der Waals surface area (Å²) in [6.45, 7) is 14.1. The van der Waals surface area contributed by atoms with Crippen molar-refractivity contribution in [3.63, 3.8) is 0 Å². The molecule has 0 aliphatic rings. The molecule has 2 N–H and O–H groups in total. The molecule has 0 atom stereocenters. The minimum absolute atomic E-state index is 0. The summed E-state index contributed by atoms with van der Waals surface area (Å²) in [6, 6.07) is 0. The molecule has 0 spiro atoms. The summed E-state index contributed by atoms with van der Waals surface area (Å²) in [6.07, 6.45) is 0. The van der Waals surface area contributed by atoms with E-state index in [9.17, 15) is 0 Å². The maximum atomic E-state index is 2.35. The fourth-order valence-electron chi connectivity index (χ4n) is 1.79. The Morgan fingerprint density at radius 2 is 0.818 bits per heavy atom. The van der Waals surface area contributed by atoms with Gasteiger partial charge in [0.1, 0.15) is 0 Å². The second-order valence-corrected chi connectivity index (χ2v) is 7.72. The summed E-state index contributed by atoms with van der Waals surface area (Å²) in [4.78, 5) is 0. The average molecular weight is 178 g/mol. The first-order chi connectivity index (χ1) is 4.46. The van der Waals surface area contributed by atoms with E-state index in [0.717, 1.165) is 17.0 Å². The molecule has 0 aliphatic heterocycles. The molecule has 0 amide bonds. The molecular weight excluding hydrogens is 155 g/mol. The van der Waals surface area contributed by atoms with Crippen LogP contribution in [0.5, 0.6) is 0 Å². The monoisotopic (exact) mass is 178 g/mol. The third-order valence-corrected chi connectivity index (χ3v) is 5.37. The van der Waals surface area contributed by atoms with Crippen LogP contribution in [-0.2, 0) is 0 Å². The van der Waals surface area contributed by atoms with E-state index in [1.165, 1.54) is 0 Å². The van der Waals surface area contributed by atoms with Crippen molar-refractivity contribution in [2.45, 2.75) is 58.5 Å². The number of hydrogen-bond acceptors (Lipinski definition) is 0. The molecule has 1 nitrogen and oxygen atoms in total. The summed E-state index contributed by atoms with van der Waals surface area (Å²) >= 11 is 0. The van der Waals surface area contributed by atoms with Crippen LogP contribution in [0.3, 0.4) is 0 Å². The molecule has 0 aromatic heterocycles. The van der Waals surface area contributed by atoms with Gasteiger partial charge in [-0.1, -0.05) is 49.5 Å². The lowest BCUT2D eigenvalue weighted by Gasteiger charge is -2.29. The van der Waals surface area contributed by atoms with Crippen LogP contribution in [0.2, 0.25) is 0 Å². The van der Waals surface area contributed by atoms with E-state index < -0.39 is 0 Å². The van der Waals surface area contributed by atoms with Crippen LogP contribution in [-0.4, -0.2) is 22.5 Å². The van der Waals surface area contributed by atoms with Gasteiger partial charge < -0.3 is 5.48 Å². The molecule has 11 heavy (non-hydrogen) atoms. The summed E-state index contributed by atoms with van der Waals surface area (Å²) in [5.41, 5.74) is 2.69. The second-order valence-electron chi connectivity index (χ2n) is 3.73. The predicted molar refractivity (Wildman–Crippen MR) is 55.9 cm³/mol. The Morgan fingerprint density at radius 1 is 0.636 bits per heavy atom. The van der Waals surface area contributed by atoms with Gasteiger partial charge in [0, 0.05) is 0 Å². The van der Waals surface area contributed by atoms with Gasteiger partial charge >= 0.3 is 0 Å². The van der Waals surface area contributed by atoms with Crippen molar-refractivity contribution in [3.8, 4) is 0 Å². The zero-order chi connectivity index (χ0) is 8.31. The first-order valence-electron chi connectivity index (χ1n) is 4.24. The van der Waals surface area contributed by atoms with Crippen molar-refractivity contribution < 1.29 is 5.48 Å². The van der Waals surface area contributed by atoms with Crippen molar-refractivity contribution in [1.82, 2.24) is 0 Å². The van der Waals surface area contributed by atoms with Gasteiger partial charge in [-0.2, -0.15) is 0 Å². The van der Waals surface area contributed by atoms with Gasteiger partial charge in [-0.05, 0) is 17.0 Å². The van der Waals surface area contributed by atoms with Crippen molar-refractivity contribution in [1.29, 1.82) is 0 Å². The SMILES string of the molecule is CC(C)P(C(C)C)C(C)C.O. The van der Waals surface area contributed by atoms with Crippen molar-refractivity contribution in [3.05, 3.63) is 0 Å². The third-order valence-electron chi connectivity index (χ3n) is 1.79. The largest absolute Gasteiger partial charge is 0.412 e. The molecule has 0 aromatic carbocycles. The molecule has 0 rings (SSSR count). The van der Waals surface area contributed by atoms with Crippen LogP contribution in [0.15, 0.2) is 0 Å². The van der Waals surface area contributed by atoms with Gasteiger partial charge in [-0.3, -0.25) is 0 Å². The maximum absolute atomic E-state index is 2.35. The van der Waals surface area contributed by atoms with Gasteiger partial charge in [0.05, 0.1) is 0 Å². The summed E-state index contributed by atoms with van der Waals surface area (Å²) in [5, 5.41) is 0. The first kappa shape index (κ1) is 13.9. The molecular formula is C9H23OP.